The van der Waals surface area contributed by atoms with Crippen molar-refractivity contribution in [1.82, 2.24) is 30.2 Å². The molecule has 1 aromatic carbocycles. The van der Waals surface area contributed by atoms with Crippen molar-refractivity contribution < 1.29 is 0 Å². The van der Waals surface area contributed by atoms with E-state index in [2.05, 4.69) is 60.7 Å². The minimum absolute atomic E-state index is 0.272. The Kier molecular flexibility index (Phi) is 5.29. The van der Waals surface area contributed by atoms with Gasteiger partial charge in [-0.05, 0) is 44.3 Å². The quantitative estimate of drug-likeness (QED) is 0.497. The third kappa shape index (κ3) is 4.05. The molecule has 0 bridgehead atoms. The van der Waals surface area contributed by atoms with E-state index in [9.17, 15) is 0 Å². The molecule has 0 amide bonds. The van der Waals surface area contributed by atoms with Crippen molar-refractivity contribution in [3.63, 3.8) is 0 Å². The first-order valence-electron chi connectivity index (χ1n) is 10.5. The fourth-order valence-corrected chi connectivity index (χ4v) is 3.73. The number of pyridine rings is 1. The van der Waals surface area contributed by atoms with Gasteiger partial charge in [-0.15, -0.1) is 0 Å². The summed E-state index contributed by atoms with van der Waals surface area (Å²) in [5.74, 6) is 1.52. The van der Waals surface area contributed by atoms with Crippen molar-refractivity contribution >= 4 is 22.3 Å². The van der Waals surface area contributed by atoms with Crippen LogP contribution in [-0.2, 0) is 6.54 Å². The molecule has 1 aliphatic heterocycles. The average Bonchev–Trinajstić information content (AvgIpc) is 2.83. The molecule has 0 aliphatic carbocycles. The third-order valence-electron chi connectivity index (χ3n) is 5.44. The number of allylic oxidation sites excluding steroid dienone is 2. The highest BCUT2D eigenvalue weighted by molar-refractivity contribution is 5.84. The van der Waals surface area contributed by atoms with Crippen LogP contribution in [0.5, 0.6) is 0 Å². The minimum Gasteiger partial charge on any atom is -0.385 e. The standard InChI is InChI=1S/C25H23N7/c1-16-10-21(7-9-26-16)25-29-13-18(14-30-25)12-28-24-17(2)23(31-15-32-24)20-5-6-22-19(11-20)4-3-8-27-22/h3-11,13-16,26H,12H2,1-2H3,(H,28,31,32). The number of hydrogen-bond donors (Lipinski definition) is 2. The predicted molar refractivity (Wildman–Crippen MR) is 127 cm³/mol. The van der Waals surface area contributed by atoms with E-state index in [1.165, 1.54) is 0 Å². The van der Waals surface area contributed by atoms with E-state index in [1.54, 1.807) is 12.5 Å². The van der Waals surface area contributed by atoms with Crippen molar-refractivity contribution in [3.05, 3.63) is 90.6 Å². The summed E-state index contributed by atoms with van der Waals surface area (Å²) in [4.78, 5) is 22.4. The van der Waals surface area contributed by atoms with Crippen LogP contribution in [0.25, 0.3) is 27.7 Å². The Labute approximate surface area is 186 Å². The summed E-state index contributed by atoms with van der Waals surface area (Å²) < 4.78 is 0. The molecule has 1 aliphatic rings. The normalized spacial score (nSPS) is 15.3. The summed E-state index contributed by atoms with van der Waals surface area (Å²) in [5, 5.41) is 7.71. The van der Waals surface area contributed by atoms with Crippen LogP contribution in [0.1, 0.15) is 23.9 Å². The maximum absolute atomic E-state index is 4.53. The zero-order chi connectivity index (χ0) is 21.9. The number of nitrogens with zero attached hydrogens (tertiary/aromatic N) is 5. The summed E-state index contributed by atoms with van der Waals surface area (Å²) in [7, 11) is 0. The van der Waals surface area contributed by atoms with Gasteiger partial charge < -0.3 is 10.6 Å². The zero-order valence-electron chi connectivity index (χ0n) is 17.9. The molecule has 0 saturated carbocycles. The maximum atomic E-state index is 4.53. The van der Waals surface area contributed by atoms with E-state index in [0.717, 1.165) is 50.5 Å². The number of nitrogens with one attached hydrogen (secondary N) is 2. The van der Waals surface area contributed by atoms with Gasteiger partial charge in [0.25, 0.3) is 0 Å². The second-order valence-electron chi connectivity index (χ2n) is 7.79. The largest absolute Gasteiger partial charge is 0.385 e. The fraction of sp³-hybridized carbons (Fsp3) is 0.160. The smallest absolute Gasteiger partial charge is 0.158 e. The predicted octanol–water partition coefficient (Wildman–Crippen LogP) is 4.29. The number of hydrogen-bond acceptors (Lipinski definition) is 7. The Morgan fingerprint density at radius 2 is 1.91 bits per heavy atom. The SMILES string of the molecule is Cc1c(NCc2cnc(C3=CC(C)NC=C3)nc2)ncnc1-c1ccc2ncccc2c1. The molecule has 0 radical (unpaired) electrons. The van der Waals surface area contributed by atoms with Gasteiger partial charge in [0.15, 0.2) is 5.82 Å². The van der Waals surface area contributed by atoms with Crippen LogP contribution in [0.4, 0.5) is 5.82 Å². The van der Waals surface area contributed by atoms with E-state index in [4.69, 9.17) is 0 Å². The number of benzene rings is 1. The Morgan fingerprint density at radius 1 is 1.03 bits per heavy atom. The number of rotatable bonds is 5. The Morgan fingerprint density at radius 3 is 2.75 bits per heavy atom. The van der Waals surface area contributed by atoms with Gasteiger partial charge in [0.2, 0.25) is 0 Å². The van der Waals surface area contributed by atoms with Crippen molar-refractivity contribution in [3.8, 4) is 11.3 Å². The molecule has 5 rings (SSSR count). The molecule has 1 unspecified atom stereocenters. The second kappa shape index (κ2) is 8.55. The third-order valence-corrected chi connectivity index (χ3v) is 5.44. The van der Waals surface area contributed by atoms with Gasteiger partial charge in [-0.3, -0.25) is 4.98 Å². The van der Waals surface area contributed by atoms with Crippen LogP contribution in [0.2, 0.25) is 0 Å². The highest BCUT2D eigenvalue weighted by Gasteiger charge is 2.11. The lowest BCUT2D eigenvalue weighted by atomic mass is 10.0. The molecular weight excluding hydrogens is 398 g/mol. The second-order valence-corrected chi connectivity index (χ2v) is 7.79. The highest BCUT2D eigenvalue weighted by Crippen LogP contribution is 2.27. The first-order valence-corrected chi connectivity index (χ1v) is 10.5. The van der Waals surface area contributed by atoms with Gasteiger partial charge in [-0.25, -0.2) is 19.9 Å². The van der Waals surface area contributed by atoms with Crippen LogP contribution in [0.3, 0.4) is 0 Å². The molecule has 158 valence electrons. The molecule has 7 nitrogen and oxygen atoms in total. The molecule has 1 atom stereocenters. The molecule has 0 saturated heterocycles. The van der Waals surface area contributed by atoms with Crippen LogP contribution < -0.4 is 10.6 Å². The highest BCUT2D eigenvalue weighted by atomic mass is 15.0. The Balaban J connectivity index is 1.33. The molecule has 7 heteroatoms. The molecule has 4 aromatic rings. The van der Waals surface area contributed by atoms with E-state index in [0.29, 0.717) is 6.54 Å². The van der Waals surface area contributed by atoms with Gasteiger partial charge >= 0.3 is 0 Å². The van der Waals surface area contributed by atoms with E-state index in [1.807, 2.05) is 49.8 Å². The van der Waals surface area contributed by atoms with Crippen LogP contribution in [0, 0.1) is 6.92 Å². The monoisotopic (exact) mass is 421 g/mol. The molecule has 2 N–H and O–H groups in total. The summed E-state index contributed by atoms with van der Waals surface area (Å²) in [6, 6.07) is 10.4. The molecule has 0 fully saturated rings. The van der Waals surface area contributed by atoms with Crippen molar-refractivity contribution in [2.24, 2.45) is 0 Å². The van der Waals surface area contributed by atoms with Crippen LogP contribution in [-0.4, -0.2) is 31.0 Å². The van der Waals surface area contributed by atoms with E-state index < -0.39 is 0 Å². The molecule has 3 aromatic heterocycles. The fourth-order valence-electron chi connectivity index (χ4n) is 3.73. The van der Waals surface area contributed by atoms with Gasteiger partial charge in [0.05, 0.1) is 11.2 Å². The van der Waals surface area contributed by atoms with Gasteiger partial charge in [0.1, 0.15) is 12.1 Å². The molecule has 4 heterocycles. The number of anilines is 1. The van der Waals surface area contributed by atoms with Crippen LogP contribution in [0.15, 0.2) is 73.6 Å². The summed E-state index contributed by atoms with van der Waals surface area (Å²) in [5.41, 5.74) is 5.91. The zero-order valence-corrected chi connectivity index (χ0v) is 17.9. The van der Waals surface area contributed by atoms with E-state index >= 15 is 0 Å². The van der Waals surface area contributed by atoms with Gasteiger partial charge in [0, 0.05) is 58.8 Å². The lowest BCUT2D eigenvalue weighted by Gasteiger charge is -2.14. The molecule has 0 spiro atoms. The summed E-state index contributed by atoms with van der Waals surface area (Å²) in [6.07, 6.45) is 13.1. The van der Waals surface area contributed by atoms with Crippen molar-refractivity contribution in [2.45, 2.75) is 26.4 Å². The average molecular weight is 422 g/mol. The first kappa shape index (κ1) is 19.8. The minimum atomic E-state index is 0.272. The Bertz CT molecular complexity index is 1330. The van der Waals surface area contributed by atoms with Gasteiger partial charge in [-0.2, -0.15) is 0 Å². The topological polar surface area (TPSA) is 88.5 Å². The lowest BCUT2D eigenvalue weighted by Crippen LogP contribution is -2.20. The number of dihydropyridines is 1. The number of aromatic nitrogens is 5. The van der Waals surface area contributed by atoms with Crippen molar-refractivity contribution in [2.75, 3.05) is 5.32 Å². The first-order chi connectivity index (χ1) is 15.7. The maximum Gasteiger partial charge on any atom is 0.158 e. The molecular formula is C25H23N7. The summed E-state index contributed by atoms with van der Waals surface area (Å²) >= 11 is 0. The lowest BCUT2D eigenvalue weighted by molar-refractivity contribution is 0.762. The van der Waals surface area contributed by atoms with Gasteiger partial charge in [-0.1, -0.05) is 18.2 Å². The number of fused-ring (bicyclic) bond motifs is 1. The Hall–Kier alpha value is -4.13. The van der Waals surface area contributed by atoms with E-state index in [-0.39, 0.29) is 6.04 Å². The molecule has 32 heavy (non-hydrogen) atoms. The van der Waals surface area contributed by atoms with Crippen molar-refractivity contribution in [1.29, 1.82) is 0 Å². The van der Waals surface area contributed by atoms with Crippen LogP contribution >= 0.6 is 0 Å². The summed E-state index contributed by atoms with van der Waals surface area (Å²) in [6.45, 7) is 4.70.